The second kappa shape index (κ2) is 10.4. The van der Waals surface area contributed by atoms with Gasteiger partial charge in [-0.3, -0.25) is 4.79 Å². The van der Waals surface area contributed by atoms with Crippen molar-refractivity contribution in [2.45, 2.75) is 45.6 Å². The van der Waals surface area contributed by atoms with Crippen molar-refractivity contribution in [3.63, 3.8) is 0 Å². The average molecular weight is 494 g/mol. The first-order chi connectivity index (χ1) is 17.3. The van der Waals surface area contributed by atoms with Crippen LogP contribution in [-0.2, 0) is 25.7 Å². The van der Waals surface area contributed by atoms with Crippen molar-refractivity contribution in [1.29, 1.82) is 0 Å². The maximum Gasteiger partial charge on any atom is 0.340 e. The summed E-state index contributed by atoms with van der Waals surface area (Å²) < 4.78 is 27.8. The number of esters is 1. The molecule has 0 saturated carbocycles. The molecule has 0 unspecified atom stereocenters. The molecule has 0 saturated heterocycles. The van der Waals surface area contributed by atoms with E-state index in [0.717, 1.165) is 22.3 Å². The second-order valence-corrected chi connectivity index (χ2v) is 8.83. The van der Waals surface area contributed by atoms with Gasteiger partial charge in [0, 0.05) is 18.4 Å². The van der Waals surface area contributed by atoms with Crippen molar-refractivity contribution in [3.8, 4) is 17.2 Å². The van der Waals surface area contributed by atoms with E-state index in [0.29, 0.717) is 47.8 Å². The Morgan fingerprint density at radius 1 is 1.06 bits per heavy atom. The van der Waals surface area contributed by atoms with E-state index in [2.05, 4.69) is 0 Å². The summed E-state index contributed by atoms with van der Waals surface area (Å²) in [7, 11) is 4.42. The fourth-order valence-corrected chi connectivity index (χ4v) is 4.87. The van der Waals surface area contributed by atoms with Crippen LogP contribution in [0.1, 0.15) is 47.4 Å². The van der Waals surface area contributed by atoms with E-state index in [4.69, 9.17) is 29.4 Å². The van der Waals surface area contributed by atoms with Gasteiger partial charge in [0.2, 0.25) is 11.6 Å². The Morgan fingerprint density at radius 3 is 2.39 bits per heavy atom. The number of methoxy groups -OCH3 is 3. The number of ether oxygens (including phenoxy) is 5. The summed E-state index contributed by atoms with van der Waals surface area (Å²) in [5, 5.41) is 0. The van der Waals surface area contributed by atoms with Gasteiger partial charge in [0.25, 0.3) is 0 Å². The molecule has 1 heterocycles. The van der Waals surface area contributed by atoms with Gasteiger partial charge in [-0.2, -0.15) is 0 Å². The van der Waals surface area contributed by atoms with E-state index < -0.39 is 11.9 Å². The number of aryl methyl sites for hydroxylation is 2. The Hall–Kier alpha value is -3.94. The summed E-state index contributed by atoms with van der Waals surface area (Å²) in [6.45, 7) is 4.15. The molecule has 0 bridgehead atoms. The zero-order chi connectivity index (χ0) is 26.0. The van der Waals surface area contributed by atoms with Crippen LogP contribution in [-0.4, -0.2) is 33.1 Å². The van der Waals surface area contributed by atoms with E-state index in [9.17, 15) is 9.59 Å². The number of rotatable bonds is 7. The monoisotopic (exact) mass is 493 g/mol. The molecule has 8 nitrogen and oxygen atoms in total. The molecular weight excluding hydrogens is 462 g/mol. The van der Waals surface area contributed by atoms with Crippen molar-refractivity contribution < 1.29 is 33.3 Å². The molecule has 0 radical (unpaired) electrons. The number of allylic oxidation sites excluding steroid dienone is 2. The van der Waals surface area contributed by atoms with Crippen LogP contribution in [0.4, 0.5) is 0 Å². The number of hydrogen-bond donors (Lipinski definition) is 1. The van der Waals surface area contributed by atoms with Gasteiger partial charge >= 0.3 is 5.97 Å². The first-order valence-corrected chi connectivity index (χ1v) is 11.8. The highest BCUT2D eigenvalue weighted by molar-refractivity contribution is 6.03. The van der Waals surface area contributed by atoms with Crippen molar-refractivity contribution in [1.82, 2.24) is 0 Å². The third kappa shape index (κ3) is 4.51. The molecule has 2 N–H and O–H groups in total. The number of ketones is 1. The largest absolute Gasteiger partial charge is 0.493 e. The van der Waals surface area contributed by atoms with Crippen molar-refractivity contribution >= 4 is 11.8 Å². The smallest absolute Gasteiger partial charge is 0.340 e. The topological polar surface area (TPSA) is 106 Å². The molecule has 0 spiro atoms. The molecule has 8 heteroatoms. The van der Waals surface area contributed by atoms with Crippen LogP contribution >= 0.6 is 0 Å². The van der Waals surface area contributed by atoms with E-state index in [1.54, 1.807) is 26.4 Å². The summed E-state index contributed by atoms with van der Waals surface area (Å²) in [5.41, 5.74) is 10.4. The first-order valence-electron chi connectivity index (χ1n) is 11.8. The lowest BCUT2D eigenvalue weighted by atomic mass is 9.75. The fourth-order valence-electron chi connectivity index (χ4n) is 4.87. The Balaban J connectivity index is 1.80. The minimum atomic E-state index is -0.686. The van der Waals surface area contributed by atoms with Crippen molar-refractivity contribution in [3.05, 3.63) is 75.4 Å². The molecule has 0 amide bonds. The summed E-state index contributed by atoms with van der Waals surface area (Å²) >= 11 is 0. The lowest BCUT2D eigenvalue weighted by Gasteiger charge is -2.33. The third-order valence-corrected chi connectivity index (χ3v) is 6.68. The number of carbonyl (C=O) groups excluding carboxylic acids is 2. The Morgan fingerprint density at radius 2 is 1.75 bits per heavy atom. The zero-order valence-corrected chi connectivity index (χ0v) is 21.2. The molecule has 2 aromatic carbocycles. The normalized spacial score (nSPS) is 17.4. The van der Waals surface area contributed by atoms with Gasteiger partial charge < -0.3 is 29.4 Å². The minimum Gasteiger partial charge on any atom is -0.493 e. The number of hydrogen-bond acceptors (Lipinski definition) is 8. The standard InChI is InChI=1S/C28H31NO7/c1-15-12-16(2)18(13-17(15)14-35-26-21(32-3)10-7-11-22(26)33-4)23-24-19(30)8-6-9-20(24)36-27(29)25(23)28(31)34-5/h7,10-13,23H,6,8-9,14,29H2,1-5H3/t23-/m0/s1. The van der Waals surface area contributed by atoms with Gasteiger partial charge in [-0.25, -0.2) is 4.79 Å². The molecule has 36 heavy (non-hydrogen) atoms. The lowest BCUT2D eigenvalue weighted by molar-refractivity contribution is -0.136. The summed E-state index contributed by atoms with van der Waals surface area (Å²) in [5.74, 6) is 0.724. The lowest BCUT2D eigenvalue weighted by Crippen LogP contribution is -2.31. The molecule has 0 fully saturated rings. The maximum absolute atomic E-state index is 13.1. The van der Waals surface area contributed by atoms with Crippen LogP contribution < -0.4 is 19.9 Å². The Labute approximate surface area is 210 Å². The second-order valence-electron chi connectivity index (χ2n) is 8.83. The van der Waals surface area contributed by atoms with Crippen LogP contribution in [0.25, 0.3) is 0 Å². The predicted octanol–water partition coefficient (Wildman–Crippen LogP) is 4.36. The number of benzene rings is 2. The van der Waals surface area contributed by atoms with E-state index in [-0.39, 0.29) is 23.8 Å². The number of para-hydroxylation sites is 1. The van der Waals surface area contributed by atoms with Crippen LogP contribution in [0.2, 0.25) is 0 Å². The van der Waals surface area contributed by atoms with Crippen LogP contribution in [0.5, 0.6) is 17.2 Å². The van der Waals surface area contributed by atoms with Gasteiger partial charge in [0.15, 0.2) is 17.3 Å². The summed E-state index contributed by atoms with van der Waals surface area (Å²) in [6.07, 6.45) is 1.65. The molecule has 2 aromatic rings. The molecule has 190 valence electrons. The van der Waals surface area contributed by atoms with E-state index in [1.165, 1.54) is 7.11 Å². The van der Waals surface area contributed by atoms with Gasteiger partial charge in [-0.05, 0) is 54.7 Å². The Bertz CT molecular complexity index is 1250. The highest BCUT2D eigenvalue weighted by Crippen LogP contribution is 2.45. The fraction of sp³-hybridized carbons (Fsp3) is 0.357. The predicted molar refractivity (Wildman–Crippen MR) is 133 cm³/mol. The van der Waals surface area contributed by atoms with Crippen LogP contribution in [0.3, 0.4) is 0 Å². The highest BCUT2D eigenvalue weighted by atomic mass is 16.5. The van der Waals surface area contributed by atoms with Crippen LogP contribution in [0.15, 0.2) is 53.1 Å². The van der Waals surface area contributed by atoms with Gasteiger partial charge in [0.05, 0.1) is 27.2 Å². The molecule has 0 aromatic heterocycles. The van der Waals surface area contributed by atoms with E-state index >= 15 is 0 Å². The maximum atomic E-state index is 13.1. The van der Waals surface area contributed by atoms with Crippen molar-refractivity contribution in [2.75, 3.05) is 21.3 Å². The zero-order valence-electron chi connectivity index (χ0n) is 21.2. The average Bonchev–Trinajstić information content (AvgIpc) is 2.87. The third-order valence-electron chi connectivity index (χ3n) is 6.68. The summed E-state index contributed by atoms with van der Waals surface area (Å²) in [6, 6.07) is 9.40. The summed E-state index contributed by atoms with van der Waals surface area (Å²) in [4.78, 5) is 25.9. The number of Topliss-reactive ketones (excluding diaryl/α,β-unsaturated/α-hetero) is 1. The minimum absolute atomic E-state index is 0.0307. The Kier molecular flexibility index (Phi) is 7.24. The number of nitrogens with two attached hydrogens (primary N) is 1. The quantitative estimate of drug-likeness (QED) is 0.567. The van der Waals surface area contributed by atoms with Gasteiger partial charge in [-0.1, -0.05) is 18.2 Å². The number of carbonyl (C=O) groups is 2. The first kappa shape index (κ1) is 25.2. The van der Waals surface area contributed by atoms with Crippen LogP contribution in [0, 0.1) is 13.8 Å². The van der Waals surface area contributed by atoms with E-state index in [1.807, 2.05) is 32.0 Å². The molecular formula is C28H31NO7. The van der Waals surface area contributed by atoms with Gasteiger partial charge in [-0.15, -0.1) is 0 Å². The van der Waals surface area contributed by atoms with Crippen molar-refractivity contribution in [2.24, 2.45) is 5.73 Å². The molecule has 1 aliphatic carbocycles. The SMILES string of the molecule is COC(=O)C1=C(N)OC2=C(C(=O)CCC2)[C@@H]1c1cc(COc2c(OC)cccc2OC)c(C)cc1C. The molecule has 1 atom stereocenters. The molecule has 1 aliphatic heterocycles. The molecule has 4 rings (SSSR count). The van der Waals surface area contributed by atoms with Gasteiger partial charge in [0.1, 0.15) is 17.9 Å². The highest BCUT2D eigenvalue weighted by Gasteiger charge is 2.41. The molecule has 2 aliphatic rings.